The van der Waals surface area contributed by atoms with Gasteiger partial charge in [0.05, 0.1) is 16.9 Å². The van der Waals surface area contributed by atoms with E-state index >= 15 is 0 Å². The summed E-state index contributed by atoms with van der Waals surface area (Å²) in [5, 5.41) is 37.4. The van der Waals surface area contributed by atoms with E-state index in [1.807, 2.05) is 19.4 Å². The molecule has 5 aliphatic rings. The zero-order valence-electron chi connectivity index (χ0n) is 32.0. The van der Waals surface area contributed by atoms with Crippen molar-refractivity contribution >= 4 is 47.3 Å². The van der Waals surface area contributed by atoms with Crippen LogP contribution < -0.4 is 10.6 Å². The van der Waals surface area contributed by atoms with Crippen LogP contribution in [0, 0.1) is 56.7 Å². The molecule has 0 aromatic rings. The van der Waals surface area contributed by atoms with Crippen LogP contribution in [0.2, 0.25) is 0 Å². The molecule has 5 rings (SSSR count). The molecule has 5 saturated carbocycles. The number of thioether (sulfide) groups is 2. The minimum Gasteiger partial charge on any atom is -0.480 e. The molecule has 0 unspecified atom stereocenters. The van der Waals surface area contributed by atoms with E-state index < -0.39 is 41.0 Å². The van der Waals surface area contributed by atoms with E-state index in [0.29, 0.717) is 36.7 Å². The number of carboxylic acid groups (broad SMARTS) is 2. The number of amides is 2. The van der Waals surface area contributed by atoms with Gasteiger partial charge in [-0.05, 0) is 161 Å². The van der Waals surface area contributed by atoms with E-state index in [1.54, 1.807) is 23.5 Å². The Labute approximate surface area is 314 Å². The third-order valence-corrected chi connectivity index (χ3v) is 17.4. The lowest BCUT2D eigenvalue weighted by molar-refractivity contribution is -0.246. The number of aliphatic carboxylic acids is 2. The van der Waals surface area contributed by atoms with Gasteiger partial charge in [0.2, 0.25) is 11.8 Å². The number of hydrogen-bond acceptors (Lipinski definition) is 7. The summed E-state index contributed by atoms with van der Waals surface area (Å²) in [6.45, 7) is 15.7. The Bertz CT molecular complexity index is 1390. The smallest absolute Gasteiger partial charge is 0.326 e. The van der Waals surface area contributed by atoms with Gasteiger partial charge in [-0.25, -0.2) is 9.59 Å². The van der Waals surface area contributed by atoms with E-state index in [1.165, 1.54) is 0 Å². The van der Waals surface area contributed by atoms with Crippen LogP contribution in [0.1, 0.15) is 112 Å². The van der Waals surface area contributed by atoms with Crippen molar-refractivity contribution < 1.29 is 34.5 Å². The first-order chi connectivity index (χ1) is 23.9. The molecule has 0 heterocycles. The second kappa shape index (κ2) is 14.8. The lowest BCUT2D eigenvalue weighted by Gasteiger charge is -2.72. The molecule has 0 aliphatic heterocycles. The molecule has 51 heavy (non-hydrogen) atoms. The molecule has 0 bridgehead atoms. The number of carbonyl (C=O) groups is 4. The molecular formula is C40H64N2O7S2. The maximum atomic E-state index is 14.5. The first-order valence-corrected chi connectivity index (χ1v) is 22.1. The number of rotatable bonds is 13. The van der Waals surface area contributed by atoms with Crippen molar-refractivity contribution in [3.63, 3.8) is 0 Å². The number of carboxylic acids is 2. The summed E-state index contributed by atoms with van der Waals surface area (Å²) in [5.74, 6) is -0.411. The zero-order chi connectivity index (χ0) is 37.7. The normalized spacial score (nSPS) is 42.6. The number of aliphatic hydroxyl groups is 1. The highest BCUT2D eigenvalue weighted by molar-refractivity contribution is 7.98. The summed E-state index contributed by atoms with van der Waals surface area (Å²) < 4.78 is 0. The SMILES string of the molecule is C=C(C)[C@@H]1CC[C@]2(C(=O)N[C@@H](CCSC)C(=O)O)CC[C@]3(C)[C@H](CC[C@@H]4[C@@]5(C)CC[C@@H](O)[C@@](C)(C(=O)N[C@@H](CCSC)C(=O)O)[C@@H]5CC[C@]43C)[C@@H]12. The lowest BCUT2D eigenvalue weighted by Crippen LogP contribution is -2.69. The molecule has 9 nitrogen and oxygen atoms in total. The van der Waals surface area contributed by atoms with Crippen molar-refractivity contribution in [2.24, 2.45) is 56.7 Å². The highest BCUT2D eigenvalue weighted by Gasteiger charge is 2.73. The van der Waals surface area contributed by atoms with Crippen LogP contribution >= 0.6 is 23.5 Å². The van der Waals surface area contributed by atoms with Gasteiger partial charge < -0.3 is 26.0 Å². The van der Waals surface area contributed by atoms with Gasteiger partial charge in [-0.2, -0.15) is 23.5 Å². The quantitative estimate of drug-likeness (QED) is 0.131. The molecule has 0 saturated heterocycles. The molecule has 13 atom stereocenters. The summed E-state index contributed by atoms with van der Waals surface area (Å²) in [6, 6.07) is -1.89. The maximum Gasteiger partial charge on any atom is 0.326 e. The van der Waals surface area contributed by atoms with Crippen molar-refractivity contribution in [1.29, 1.82) is 0 Å². The molecule has 0 aromatic heterocycles. The van der Waals surface area contributed by atoms with Crippen molar-refractivity contribution in [3.8, 4) is 0 Å². The van der Waals surface area contributed by atoms with Gasteiger partial charge in [-0.1, -0.05) is 32.9 Å². The second-order valence-corrected chi connectivity index (χ2v) is 19.9. The fourth-order valence-corrected chi connectivity index (χ4v) is 14.1. The standard InChI is InChI=1S/C40H64N2O7S2/c1-23(2)24-11-18-40(35(49)42-27(33(46)47)15-22-51-8)20-19-37(4)25(31(24)40)9-10-28-36(3)16-13-30(43)39(6,29(36)12-17-38(28,37)5)34(48)41-26(32(44)45)14-21-50-7/h24-31,43H,1,9-22H2,2-8H3,(H,41,48)(H,42,49)(H,44,45)(H,46,47)/t24-,25+,26-,27-,28+,29+,30+,31+,36+,37+,38+,39-,40-/m0/s1. The number of aliphatic hydroxyl groups excluding tert-OH is 1. The van der Waals surface area contributed by atoms with Gasteiger partial charge in [-0.15, -0.1) is 0 Å². The van der Waals surface area contributed by atoms with Gasteiger partial charge in [0.25, 0.3) is 0 Å². The maximum absolute atomic E-state index is 14.5. The van der Waals surface area contributed by atoms with Crippen molar-refractivity contribution in [2.75, 3.05) is 24.0 Å². The number of carbonyl (C=O) groups excluding carboxylic acids is 2. The number of hydrogen-bond donors (Lipinski definition) is 5. The Morgan fingerprint density at radius 3 is 1.88 bits per heavy atom. The van der Waals surface area contributed by atoms with Crippen LogP contribution in [0.4, 0.5) is 0 Å². The summed E-state index contributed by atoms with van der Waals surface area (Å²) >= 11 is 3.13. The first kappa shape index (κ1) is 40.5. The third kappa shape index (κ3) is 6.38. The molecule has 0 aromatic carbocycles. The third-order valence-electron chi connectivity index (χ3n) is 16.1. The van der Waals surface area contributed by atoms with Gasteiger partial charge in [0.15, 0.2) is 0 Å². The van der Waals surface area contributed by atoms with Crippen LogP contribution in [0.3, 0.4) is 0 Å². The predicted molar refractivity (Wildman–Crippen MR) is 204 cm³/mol. The Morgan fingerprint density at radius 2 is 1.33 bits per heavy atom. The van der Waals surface area contributed by atoms with Crippen LogP contribution in [-0.4, -0.2) is 81.3 Å². The Kier molecular flexibility index (Phi) is 11.8. The van der Waals surface area contributed by atoms with Crippen LogP contribution in [0.5, 0.6) is 0 Å². The molecule has 2 amide bonds. The minimum absolute atomic E-state index is 0.0738. The van der Waals surface area contributed by atoms with Crippen LogP contribution in [-0.2, 0) is 19.2 Å². The predicted octanol–water partition coefficient (Wildman–Crippen LogP) is 6.63. The highest BCUT2D eigenvalue weighted by Crippen LogP contribution is 2.77. The second-order valence-electron chi connectivity index (χ2n) is 18.0. The van der Waals surface area contributed by atoms with Gasteiger partial charge in [0.1, 0.15) is 12.1 Å². The molecule has 11 heteroatoms. The molecule has 5 fully saturated rings. The van der Waals surface area contributed by atoms with Gasteiger partial charge in [-0.3, -0.25) is 9.59 Å². The lowest BCUT2D eigenvalue weighted by atomic mass is 9.32. The summed E-state index contributed by atoms with van der Waals surface area (Å²) in [6.07, 6.45) is 11.9. The Hall–Kier alpha value is -1.72. The van der Waals surface area contributed by atoms with Crippen molar-refractivity contribution in [3.05, 3.63) is 12.2 Å². The van der Waals surface area contributed by atoms with Crippen LogP contribution in [0.25, 0.3) is 0 Å². The average Bonchev–Trinajstić information content (AvgIpc) is 3.48. The fourth-order valence-electron chi connectivity index (χ4n) is 13.1. The number of nitrogens with one attached hydrogen (secondary N) is 2. The van der Waals surface area contributed by atoms with Crippen molar-refractivity contribution in [1.82, 2.24) is 10.6 Å². The molecule has 288 valence electrons. The van der Waals surface area contributed by atoms with E-state index in [0.717, 1.165) is 63.4 Å². The Morgan fingerprint density at radius 1 is 0.745 bits per heavy atom. The molecule has 5 aliphatic carbocycles. The average molecular weight is 749 g/mol. The van der Waals surface area contributed by atoms with Gasteiger partial charge in [0, 0.05) is 0 Å². The first-order valence-electron chi connectivity index (χ1n) is 19.3. The topological polar surface area (TPSA) is 153 Å². The largest absolute Gasteiger partial charge is 0.480 e. The number of fused-ring (bicyclic) bond motifs is 7. The van der Waals surface area contributed by atoms with Crippen molar-refractivity contribution in [2.45, 2.75) is 130 Å². The summed E-state index contributed by atoms with van der Waals surface area (Å²) in [7, 11) is 0. The van der Waals surface area contributed by atoms with E-state index in [-0.39, 0.29) is 51.7 Å². The van der Waals surface area contributed by atoms with E-state index in [2.05, 4.69) is 44.9 Å². The molecular weight excluding hydrogens is 685 g/mol. The number of allylic oxidation sites excluding steroid dienone is 1. The monoisotopic (exact) mass is 748 g/mol. The molecule has 0 radical (unpaired) electrons. The summed E-state index contributed by atoms with van der Waals surface area (Å²) in [4.78, 5) is 53.1. The van der Waals surface area contributed by atoms with E-state index in [9.17, 15) is 34.5 Å². The van der Waals surface area contributed by atoms with E-state index in [4.69, 9.17) is 0 Å². The molecule has 5 N–H and O–H groups in total. The summed E-state index contributed by atoms with van der Waals surface area (Å²) in [5.41, 5.74) is -0.997. The minimum atomic E-state index is -1.10. The highest BCUT2D eigenvalue weighted by atomic mass is 32.2. The van der Waals surface area contributed by atoms with Crippen LogP contribution in [0.15, 0.2) is 12.2 Å². The Balaban J connectivity index is 1.47. The molecule has 0 spiro atoms. The fraction of sp³-hybridized carbons (Fsp3) is 0.850. The van der Waals surface area contributed by atoms with Gasteiger partial charge >= 0.3 is 11.9 Å². The zero-order valence-corrected chi connectivity index (χ0v) is 33.6.